The van der Waals surface area contributed by atoms with E-state index in [0.717, 1.165) is 0 Å². The van der Waals surface area contributed by atoms with Gasteiger partial charge in [0.15, 0.2) is 0 Å². The molecule has 1 fully saturated rings. The van der Waals surface area contributed by atoms with Gasteiger partial charge < -0.3 is 71.3 Å². The summed E-state index contributed by atoms with van der Waals surface area (Å²) in [6.45, 7) is -7.12. The van der Waals surface area contributed by atoms with Crippen LogP contribution in [0.5, 0.6) is 0 Å². The molecule has 3 atom stereocenters. The highest BCUT2D eigenvalue weighted by atomic mass is 16.4. The molecule has 0 unspecified atom stereocenters. The first-order chi connectivity index (χ1) is 34.3. The SMILES string of the molecule is NCCCCCC(=O)N1CCCN(C(=O)CC[C@@H](C(=O)O)N(CC(=O)O)CC(=O)O)CCN(C(=O)CC[C@@H](C(=O)O)N(CC(=O)O)CC(=O)O)CCCN(C(=O)CC[C@@H](C(=O)O)N(CC(=O)O)CC(=O)O)CC1. The Balaban J connectivity index is 3.74. The number of hydrogen-bond donors (Lipinski definition) is 10. The molecule has 0 bridgehead atoms. The number of aliphatic carboxylic acids is 9. The second-order valence-electron chi connectivity index (χ2n) is 17.1. The van der Waals surface area contributed by atoms with Crippen LogP contribution in [-0.4, -0.2) is 274 Å². The van der Waals surface area contributed by atoms with Crippen molar-refractivity contribution in [1.29, 1.82) is 0 Å². The van der Waals surface area contributed by atoms with Gasteiger partial charge in [0.2, 0.25) is 23.6 Å². The lowest BCUT2D eigenvalue weighted by Crippen LogP contribution is -2.49. The third-order valence-electron chi connectivity index (χ3n) is 11.6. The zero-order valence-corrected chi connectivity index (χ0v) is 40.4. The lowest BCUT2D eigenvalue weighted by Gasteiger charge is -2.33. The molecular weight excluding hydrogens is 981 g/mol. The van der Waals surface area contributed by atoms with Gasteiger partial charge in [0.1, 0.15) is 18.1 Å². The van der Waals surface area contributed by atoms with Crippen molar-refractivity contribution in [1.82, 2.24) is 34.3 Å². The van der Waals surface area contributed by atoms with Crippen LogP contribution in [-0.2, 0) is 62.3 Å². The smallest absolute Gasteiger partial charge is 0.320 e. The summed E-state index contributed by atoms with van der Waals surface area (Å²) in [4.78, 5) is 168. The monoisotopic (exact) mass is 1050 g/mol. The number of nitrogens with zero attached hydrogens (tertiary/aromatic N) is 7. The molecule has 412 valence electrons. The summed E-state index contributed by atoms with van der Waals surface area (Å²) in [7, 11) is 0. The molecule has 30 heteroatoms. The second kappa shape index (κ2) is 33.6. The molecular formula is C43H68N8O22. The molecule has 11 N–H and O–H groups in total. The summed E-state index contributed by atoms with van der Waals surface area (Å²) >= 11 is 0. The Kier molecular flexibility index (Phi) is 29.4. The van der Waals surface area contributed by atoms with Gasteiger partial charge in [0.25, 0.3) is 0 Å². The van der Waals surface area contributed by atoms with Gasteiger partial charge in [-0.1, -0.05) is 6.42 Å². The van der Waals surface area contributed by atoms with E-state index in [1.54, 1.807) is 0 Å². The van der Waals surface area contributed by atoms with E-state index in [-0.39, 0.29) is 77.5 Å². The molecule has 0 aliphatic carbocycles. The van der Waals surface area contributed by atoms with Crippen LogP contribution in [0, 0.1) is 0 Å². The fourth-order valence-corrected chi connectivity index (χ4v) is 8.10. The van der Waals surface area contributed by atoms with Gasteiger partial charge in [-0.05, 0) is 51.5 Å². The molecule has 1 rings (SSSR count). The predicted molar refractivity (Wildman–Crippen MR) is 246 cm³/mol. The normalized spacial score (nSPS) is 15.2. The Labute approximate surface area is 418 Å². The fraction of sp³-hybridized carbons (Fsp3) is 0.698. The lowest BCUT2D eigenvalue weighted by atomic mass is 10.1. The predicted octanol–water partition coefficient (Wildman–Crippen LogP) is -3.27. The molecule has 0 aromatic carbocycles. The van der Waals surface area contributed by atoms with E-state index < -0.39 is 167 Å². The van der Waals surface area contributed by atoms with E-state index in [1.165, 1.54) is 19.6 Å². The first-order valence-corrected chi connectivity index (χ1v) is 23.3. The van der Waals surface area contributed by atoms with Crippen molar-refractivity contribution < 1.29 is 108 Å². The number of carbonyl (C=O) groups excluding carboxylic acids is 4. The van der Waals surface area contributed by atoms with Crippen LogP contribution in [0.2, 0.25) is 0 Å². The minimum atomic E-state index is -1.78. The minimum absolute atomic E-state index is 0.0346. The van der Waals surface area contributed by atoms with Gasteiger partial charge in [-0.25, -0.2) is 0 Å². The van der Waals surface area contributed by atoms with Crippen molar-refractivity contribution in [2.75, 3.05) is 98.2 Å². The minimum Gasteiger partial charge on any atom is -0.480 e. The van der Waals surface area contributed by atoms with Crippen LogP contribution >= 0.6 is 0 Å². The van der Waals surface area contributed by atoms with Gasteiger partial charge in [0.05, 0.1) is 39.3 Å². The molecule has 73 heavy (non-hydrogen) atoms. The van der Waals surface area contributed by atoms with Gasteiger partial charge in [-0.3, -0.25) is 77.0 Å². The van der Waals surface area contributed by atoms with Crippen molar-refractivity contribution in [2.24, 2.45) is 5.73 Å². The highest BCUT2D eigenvalue weighted by molar-refractivity contribution is 5.83. The van der Waals surface area contributed by atoms with Crippen molar-refractivity contribution in [3.63, 3.8) is 0 Å². The van der Waals surface area contributed by atoms with Gasteiger partial charge >= 0.3 is 53.7 Å². The summed E-state index contributed by atoms with van der Waals surface area (Å²) in [6.07, 6.45) is -1.73. The van der Waals surface area contributed by atoms with Crippen LogP contribution in [0.4, 0.5) is 0 Å². The highest BCUT2D eigenvalue weighted by Gasteiger charge is 2.34. The number of carboxylic acid groups (broad SMARTS) is 9. The van der Waals surface area contributed by atoms with Crippen molar-refractivity contribution in [3.05, 3.63) is 0 Å². The summed E-state index contributed by atoms with van der Waals surface area (Å²) in [5, 5.41) is 85.9. The third kappa shape index (κ3) is 25.8. The highest BCUT2D eigenvalue weighted by Crippen LogP contribution is 2.16. The largest absolute Gasteiger partial charge is 0.480 e. The molecule has 1 saturated heterocycles. The first-order valence-electron chi connectivity index (χ1n) is 23.3. The number of hydrogen-bond acceptors (Lipinski definition) is 17. The number of unbranched alkanes of at least 4 members (excludes halogenated alkanes) is 2. The quantitative estimate of drug-likeness (QED) is 0.0295. The number of nitrogens with two attached hydrogens (primary N) is 1. The van der Waals surface area contributed by atoms with E-state index >= 15 is 0 Å². The Morgan fingerprint density at radius 3 is 0.781 bits per heavy atom. The average Bonchev–Trinajstić information content (AvgIpc) is 3.26. The number of carboxylic acids is 9. The van der Waals surface area contributed by atoms with Crippen molar-refractivity contribution in [3.8, 4) is 0 Å². The van der Waals surface area contributed by atoms with Crippen LogP contribution in [0.15, 0.2) is 0 Å². The topological polar surface area (TPSA) is 453 Å². The zero-order valence-electron chi connectivity index (χ0n) is 40.4. The van der Waals surface area contributed by atoms with Crippen molar-refractivity contribution in [2.45, 2.75) is 95.2 Å². The summed E-state index contributed by atoms with van der Waals surface area (Å²) in [5.74, 6) is -16.7. The molecule has 0 saturated carbocycles. The van der Waals surface area contributed by atoms with E-state index in [2.05, 4.69) is 0 Å². The Morgan fingerprint density at radius 1 is 0.342 bits per heavy atom. The molecule has 30 nitrogen and oxygen atoms in total. The Bertz CT molecular complexity index is 1910. The standard InChI is InChI=1S/C43H68N8O22/c44-13-3-1-2-6-31(52)45-14-4-15-47(33(54)11-8-29(42(70)71)50(24-37(60)61)25-38(62)63)20-21-48(34(55)12-9-30(43(72)73)51(26-39(64)65)27-40(66)67)17-5-16-46(19-18-45)32(53)10-7-28(41(68)69)49(22-35(56)57)23-36(58)59/h28-30H,1-27,44H2,(H,56,57)(H,58,59)(H,60,61)(H,62,63)(H,64,65)(H,66,67)(H,68,69)(H,70,71)(H,72,73)/t28-,29-,30-/m0/s1. The molecule has 4 amide bonds. The molecule has 0 aromatic heterocycles. The van der Waals surface area contributed by atoms with Crippen LogP contribution in [0.3, 0.4) is 0 Å². The maximum absolute atomic E-state index is 14.0. The third-order valence-corrected chi connectivity index (χ3v) is 11.6. The summed E-state index contributed by atoms with van der Waals surface area (Å²) in [6, 6.07) is -5.27. The van der Waals surface area contributed by atoms with Gasteiger partial charge in [-0.15, -0.1) is 0 Å². The van der Waals surface area contributed by atoms with E-state index in [1.807, 2.05) is 0 Å². The van der Waals surface area contributed by atoms with Crippen molar-refractivity contribution >= 4 is 77.4 Å². The first kappa shape index (κ1) is 64.0. The number of carbonyl (C=O) groups is 13. The summed E-state index contributed by atoms with van der Waals surface area (Å²) in [5.41, 5.74) is 5.61. The average molecular weight is 1050 g/mol. The van der Waals surface area contributed by atoms with Crippen LogP contribution < -0.4 is 5.73 Å². The van der Waals surface area contributed by atoms with E-state index in [9.17, 15) is 108 Å². The van der Waals surface area contributed by atoms with E-state index in [0.29, 0.717) is 40.5 Å². The van der Waals surface area contributed by atoms with Crippen LogP contribution in [0.1, 0.15) is 77.0 Å². The Morgan fingerprint density at radius 2 is 0.575 bits per heavy atom. The summed E-state index contributed by atoms with van der Waals surface area (Å²) < 4.78 is 0. The zero-order chi connectivity index (χ0) is 55.4. The molecule has 0 aromatic rings. The number of amides is 4. The van der Waals surface area contributed by atoms with E-state index in [4.69, 9.17) is 5.73 Å². The van der Waals surface area contributed by atoms with Crippen LogP contribution in [0.25, 0.3) is 0 Å². The number of rotatable bonds is 32. The second-order valence-corrected chi connectivity index (χ2v) is 17.1. The maximum atomic E-state index is 14.0. The Hall–Kier alpha value is -7.05. The molecule has 1 heterocycles. The molecule has 0 spiro atoms. The maximum Gasteiger partial charge on any atom is 0.320 e. The molecule has 1 aliphatic rings. The molecule has 0 radical (unpaired) electrons. The lowest BCUT2D eigenvalue weighted by molar-refractivity contribution is -0.152. The van der Waals surface area contributed by atoms with Gasteiger partial charge in [0, 0.05) is 78.0 Å². The molecule has 1 aliphatic heterocycles. The fourth-order valence-electron chi connectivity index (χ4n) is 8.10. The van der Waals surface area contributed by atoms with Gasteiger partial charge in [-0.2, -0.15) is 0 Å².